The van der Waals surface area contributed by atoms with Crippen LogP contribution in [0.15, 0.2) is 65.6 Å². The highest BCUT2D eigenvalue weighted by molar-refractivity contribution is 7.90. The van der Waals surface area contributed by atoms with Crippen LogP contribution in [-0.4, -0.2) is 33.2 Å². The summed E-state index contributed by atoms with van der Waals surface area (Å²) in [5.74, 6) is -1.18. The zero-order valence-corrected chi connectivity index (χ0v) is 18.1. The third-order valence-electron chi connectivity index (χ3n) is 5.43. The number of hydrogen-bond acceptors (Lipinski definition) is 4. The third-order valence-corrected chi connectivity index (χ3v) is 6.56. The molecule has 1 heterocycles. The van der Waals surface area contributed by atoms with Crippen molar-refractivity contribution in [3.63, 3.8) is 0 Å². The summed E-state index contributed by atoms with van der Waals surface area (Å²) in [5, 5.41) is 0. The smallest absolute Gasteiger partial charge is 0.175 e. The molecule has 0 saturated carbocycles. The number of sulfone groups is 1. The molecule has 0 saturated heterocycles. The number of halogens is 2. The van der Waals surface area contributed by atoms with Crippen molar-refractivity contribution >= 4 is 9.84 Å². The predicted octanol–water partition coefficient (Wildman–Crippen LogP) is 4.99. The summed E-state index contributed by atoms with van der Waals surface area (Å²) in [6.07, 6.45) is 1.54. The lowest BCUT2D eigenvalue weighted by atomic mass is 9.96. The van der Waals surface area contributed by atoms with Gasteiger partial charge in [-0.3, -0.25) is 0 Å². The summed E-state index contributed by atoms with van der Waals surface area (Å²) >= 11 is 0. The maximum absolute atomic E-state index is 13.6. The van der Waals surface area contributed by atoms with Gasteiger partial charge in [0.25, 0.3) is 0 Å². The number of ether oxygens (including phenoxy) is 1. The van der Waals surface area contributed by atoms with Gasteiger partial charge >= 0.3 is 0 Å². The van der Waals surface area contributed by atoms with E-state index in [4.69, 9.17) is 4.74 Å². The average Bonchev–Trinajstić information content (AvgIpc) is 2.85. The quantitative estimate of drug-likeness (QED) is 0.570. The molecule has 1 aliphatic heterocycles. The van der Waals surface area contributed by atoms with Crippen LogP contribution >= 0.6 is 0 Å². The Morgan fingerprint density at radius 1 is 0.935 bits per heavy atom. The molecule has 0 bridgehead atoms. The molecule has 1 unspecified atom stereocenters. The van der Waals surface area contributed by atoms with Crippen LogP contribution in [0.25, 0.3) is 11.1 Å². The molecule has 7 heteroatoms. The fourth-order valence-electron chi connectivity index (χ4n) is 3.88. The molecule has 3 aromatic carbocycles. The van der Waals surface area contributed by atoms with E-state index in [9.17, 15) is 17.2 Å². The lowest BCUT2D eigenvalue weighted by Crippen LogP contribution is -2.18. The Balaban J connectivity index is 1.67. The van der Waals surface area contributed by atoms with Crippen LogP contribution in [0.3, 0.4) is 0 Å². The molecule has 0 amide bonds. The van der Waals surface area contributed by atoms with Crippen molar-refractivity contribution < 1.29 is 21.9 Å². The minimum absolute atomic E-state index is 0.165. The number of hydrogen-bond donors (Lipinski definition) is 0. The van der Waals surface area contributed by atoms with E-state index in [-0.39, 0.29) is 16.7 Å². The molecule has 162 valence electrons. The summed E-state index contributed by atoms with van der Waals surface area (Å²) in [5.41, 5.74) is 3.91. The van der Waals surface area contributed by atoms with Crippen LogP contribution in [0.2, 0.25) is 0 Å². The molecular weight excluding hydrogens is 420 g/mol. The maximum Gasteiger partial charge on any atom is 0.175 e. The lowest BCUT2D eigenvalue weighted by Gasteiger charge is -2.20. The number of rotatable bonds is 4. The van der Waals surface area contributed by atoms with Gasteiger partial charge in [-0.1, -0.05) is 24.3 Å². The first-order valence-corrected chi connectivity index (χ1v) is 11.8. The summed E-state index contributed by atoms with van der Waals surface area (Å²) in [7, 11) is -1.23. The second-order valence-corrected chi connectivity index (χ2v) is 9.96. The molecule has 0 spiro atoms. The topological polar surface area (TPSA) is 46.6 Å². The highest BCUT2D eigenvalue weighted by atomic mass is 32.2. The van der Waals surface area contributed by atoms with Crippen LogP contribution in [0.1, 0.15) is 23.7 Å². The van der Waals surface area contributed by atoms with Crippen LogP contribution in [-0.2, 0) is 16.4 Å². The standard InChI is InChI=1S/C24H23F2NO3S/c1-27-10-9-24(30-21-13-19(25)12-20(26)14-21)23-8-5-17(11-18(23)15-27)16-3-6-22(7-4-16)31(2,28)29/h3-8,11-14,24H,9-10,15H2,1-2H3. The molecule has 31 heavy (non-hydrogen) atoms. The lowest BCUT2D eigenvalue weighted by molar-refractivity contribution is 0.181. The van der Waals surface area contributed by atoms with Crippen molar-refractivity contribution in [1.82, 2.24) is 4.90 Å². The second-order valence-electron chi connectivity index (χ2n) is 7.95. The van der Waals surface area contributed by atoms with Crippen molar-refractivity contribution in [2.75, 3.05) is 19.8 Å². The van der Waals surface area contributed by atoms with Crippen molar-refractivity contribution in [1.29, 1.82) is 0 Å². The molecule has 1 aliphatic rings. The third kappa shape index (κ3) is 4.94. The molecule has 0 aliphatic carbocycles. The van der Waals surface area contributed by atoms with Crippen LogP contribution < -0.4 is 4.74 Å². The van der Waals surface area contributed by atoms with Crippen molar-refractivity contribution in [2.24, 2.45) is 0 Å². The van der Waals surface area contributed by atoms with Gasteiger partial charge in [-0.25, -0.2) is 17.2 Å². The van der Waals surface area contributed by atoms with E-state index in [0.29, 0.717) is 13.0 Å². The van der Waals surface area contributed by atoms with Gasteiger partial charge in [0.1, 0.15) is 23.5 Å². The molecule has 1 atom stereocenters. The first-order chi connectivity index (χ1) is 14.7. The molecule has 4 nitrogen and oxygen atoms in total. The highest BCUT2D eigenvalue weighted by Gasteiger charge is 2.23. The van der Waals surface area contributed by atoms with Gasteiger partial charge in [-0.05, 0) is 47.5 Å². The van der Waals surface area contributed by atoms with Gasteiger partial charge in [0.15, 0.2) is 9.84 Å². The Bertz CT molecular complexity index is 1190. The fourth-order valence-corrected chi connectivity index (χ4v) is 4.51. The van der Waals surface area contributed by atoms with Crippen molar-refractivity contribution in [3.05, 3.63) is 83.4 Å². The zero-order chi connectivity index (χ0) is 22.2. The summed E-state index contributed by atoms with van der Waals surface area (Å²) in [6.45, 7) is 1.48. The summed E-state index contributed by atoms with van der Waals surface area (Å²) in [6, 6.07) is 16.0. The second kappa shape index (κ2) is 8.40. The Kier molecular flexibility index (Phi) is 5.81. The first-order valence-electron chi connectivity index (χ1n) is 9.94. The fraction of sp³-hybridized carbons (Fsp3) is 0.250. The van der Waals surface area contributed by atoms with E-state index in [1.165, 1.54) is 18.4 Å². The Hall–Kier alpha value is -2.77. The molecule has 0 fully saturated rings. The van der Waals surface area contributed by atoms with E-state index < -0.39 is 21.5 Å². The van der Waals surface area contributed by atoms with Gasteiger partial charge in [-0.2, -0.15) is 0 Å². The monoisotopic (exact) mass is 443 g/mol. The maximum atomic E-state index is 13.6. The first kappa shape index (κ1) is 21.5. The van der Waals surface area contributed by atoms with Crippen LogP contribution in [0.4, 0.5) is 8.78 Å². The SMILES string of the molecule is CN1CCC(Oc2cc(F)cc(F)c2)c2ccc(-c3ccc(S(C)(=O)=O)cc3)cc2C1. The minimum atomic E-state index is -3.25. The van der Waals surface area contributed by atoms with Gasteiger partial charge in [0.05, 0.1) is 4.90 Å². The van der Waals surface area contributed by atoms with E-state index in [1.54, 1.807) is 24.3 Å². The molecule has 0 aromatic heterocycles. The van der Waals surface area contributed by atoms with Crippen LogP contribution in [0.5, 0.6) is 5.75 Å². The Labute approximate surface area is 181 Å². The molecular formula is C24H23F2NO3S. The van der Waals surface area contributed by atoms with E-state index in [2.05, 4.69) is 11.0 Å². The zero-order valence-electron chi connectivity index (χ0n) is 17.3. The van der Waals surface area contributed by atoms with E-state index >= 15 is 0 Å². The minimum Gasteiger partial charge on any atom is -0.485 e. The van der Waals surface area contributed by atoms with Gasteiger partial charge < -0.3 is 9.64 Å². The molecule has 0 radical (unpaired) electrons. The summed E-state index contributed by atoms with van der Waals surface area (Å²) < 4.78 is 56.6. The molecule has 4 rings (SSSR count). The molecule has 3 aromatic rings. The predicted molar refractivity (Wildman–Crippen MR) is 116 cm³/mol. The van der Waals surface area contributed by atoms with Crippen molar-refractivity contribution in [2.45, 2.75) is 24.0 Å². The average molecular weight is 444 g/mol. The Morgan fingerprint density at radius 3 is 2.23 bits per heavy atom. The number of benzene rings is 3. The van der Waals surface area contributed by atoms with Gasteiger partial charge in [-0.15, -0.1) is 0 Å². The Morgan fingerprint density at radius 2 is 1.58 bits per heavy atom. The van der Waals surface area contributed by atoms with E-state index in [0.717, 1.165) is 34.9 Å². The summed E-state index contributed by atoms with van der Waals surface area (Å²) in [4.78, 5) is 2.45. The number of fused-ring (bicyclic) bond motifs is 1. The van der Waals surface area contributed by atoms with E-state index in [1.807, 2.05) is 19.2 Å². The largest absolute Gasteiger partial charge is 0.485 e. The highest BCUT2D eigenvalue weighted by Crippen LogP contribution is 2.34. The van der Waals surface area contributed by atoms with Gasteiger partial charge in [0, 0.05) is 44.0 Å². The number of nitrogens with zero attached hydrogens (tertiary/aromatic N) is 1. The molecule has 0 N–H and O–H groups in total. The van der Waals surface area contributed by atoms with Gasteiger partial charge in [0.2, 0.25) is 0 Å². The normalized spacial score (nSPS) is 17.1. The van der Waals surface area contributed by atoms with Crippen molar-refractivity contribution in [3.8, 4) is 16.9 Å². The van der Waals surface area contributed by atoms with Crippen LogP contribution in [0, 0.1) is 11.6 Å².